The summed E-state index contributed by atoms with van der Waals surface area (Å²) >= 11 is 0. The molecular weight excluding hydrogens is 240 g/mol. The quantitative estimate of drug-likeness (QED) is 0.873. The highest BCUT2D eigenvalue weighted by Gasteiger charge is 2.21. The fourth-order valence-corrected chi connectivity index (χ4v) is 2.86. The van der Waals surface area contributed by atoms with Gasteiger partial charge in [0.25, 0.3) is 0 Å². The third-order valence-corrected chi connectivity index (χ3v) is 3.68. The van der Waals surface area contributed by atoms with Crippen LogP contribution in [0.4, 0.5) is 0 Å². The maximum absolute atomic E-state index is 11.0. The average molecular weight is 262 g/mol. The van der Waals surface area contributed by atoms with Crippen LogP contribution in [-0.4, -0.2) is 37.6 Å². The molecule has 1 aliphatic rings. The number of piperidine rings is 1. The maximum atomic E-state index is 11.0. The molecule has 1 atom stereocenters. The van der Waals surface area contributed by atoms with Gasteiger partial charge in [0.1, 0.15) is 5.75 Å². The molecule has 0 bridgehead atoms. The minimum absolute atomic E-state index is 0.238. The number of hydrogen-bond acceptors (Lipinski definition) is 3. The minimum atomic E-state index is -0.238. The molecule has 0 unspecified atom stereocenters. The molecule has 0 spiro atoms. The van der Waals surface area contributed by atoms with E-state index in [0.29, 0.717) is 12.5 Å². The van der Waals surface area contributed by atoms with Crippen LogP contribution >= 0.6 is 0 Å². The molecule has 104 valence electrons. The van der Waals surface area contributed by atoms with E-state index >= 15 is 0 Å². The third kappa shape index (κ3) is 3.96. The second-order valence-corrected chi connectivity index (χ2v) is 5.23. The second-order valence-electron chi connectivity index (χ2n) is 5.23. The number of para-hydroxylation sites is 1. The van der Waals surface area contributed by atoms with Crippen molar-refractivity contribution >= 4 is 5.91 Å². The van der Waals surface area contributed by atoms with E-state index in [-0.39, 0.29) is 5.91 Å². The van der Waals surface area contributed by atoms with Gasteiger partial charge in [-0.3, -0.25) is 9.69 Å². The lowest BCUT2D eigenvalue weighted by molar-refractivity contribution is -0.119. The summed E-state index contributed by atoms with van der Waals surface area (Å²) in [6, 6.07) is 8.15. The van der Waals surface area contributed by atoms with Crippen LogP contribution < -0.4 is 10.5 Å². The molecule has 1 saturated heterocycles. The Hall–Kier alpha value is -1.55. The van der Waals surface area contributed by atoms with Crippen molar-refractivity contribution in [1.82, 2.24) is 4.90 Å². The van der Waals surface area contributed by atoms with E-state index < -0.39 is 0 Å². The van der Waals surface area contributed by atoms with Gasteiger partial charge >= 0.3 is 0 Å². The van der Waals surface area contributed by atoms with E-state index in [1.165, 1.54) is 12.0 Å². The lowest BCUT2D eigenvalue weighted by Gasteiger charge is -2.32. The smallest absolute Gasteiger partial charge is 0.231 e. The second kappa shape index (κ2) is 6.57. The molecule has 1 aliphatic heterocycles. The minimum Gasteiger partial charge on any atom is -0.496 e. The van der Waals surface area contributed by atoms with Crippen LogP contribution in [0.2, 0.25) is 0 Å². The normalized spacial score (nSPS) is 20.2. The summed E-state index contributed by atoms with van der Waals surface area (Å²) in [6.45, 7) is 2.30. The Bertz CT molecular complexity index is 434. The third-order valence-electron chi connectivity index (χ3n) is 3.68. The Balaban J connectivity index is 1.96. The molecule has 0 aliphatic carbocycles. The first-order valence-corrected chi connectivity index (χ1v) is 6.81. The summed E-state index contributed by atoms with van der Waals surface area (Å²) in [6.07, 6.45) is 3.33. The molecule has 1 fully saturated rings. The van der Waals surface area contributed by atoms with Crippen molar-refractivity contribution in [2.75, 3.05) is 26.7 Å². The zero-order valence-electron chi connectivity index (χ0n) is 11.5. The highest BCUT2D eigenvalue weighted by atomic mass is 16.5. The summed E-state index contributed by atoms with van der Waals surface area (Å²) < 4.78 is 5.39. The molecule has 4 nitrogen and oxygen atoms in total. The Kier molecular flexibility index (Phi) is 4.80. The zero-order valence-corrected chi connectivity index (χ0v) is 11.5. The number of ether oxygens (including phenoxy) is 1. The molecule has 0 saturated carbocycles. The van der Waals surface area contributed by atoms with Crippen molar-refractivity contribution < 1.29 is 9.53 Å². The van der Waals surface area contributed by atoms with Gasteiger partial charge in [0.05, 0.1) is 13.7 Å². The van der Waals surface area contributed by atoms with Gasteiger partial charge in [-0.25, -0.2) is 0 Å². The van der Waals surface area contributed by atoms with Gasteiger partial charge in [-0.2, -0.15) is 0 Å². The molecule has 1 amide bonds. The standard InChI is InChI=1S/C15H22N2O2/c1-19-14-7-3-2-6-13(14)9-12-5-4-8-17(10-12)11-15(16)18/h2-3,6-7,12H,4-5,8-11H2,1H3,(H2,16,18)/t12-/m0/s1. The number of nitrogens with zero attached hydrogens (tertiary/aromatic N) is 1. The molecule has 1 aromatic rings. The maximum Gasteiger partial charge on any atom is 0.231 e. The lowest BCUT2D eigenvalue weighted by Crippen LogP contribution is -2.41. The van der Waals surface area contributed by atoms with E-state index in [9.17, 15) is 4.79 Å². The monoisotopic (exact) mass is 262 g/mol. The highest BCUT2D eigenvalue weighted by Crippen LogP contribution is 2.25. The fourth-order valence-electron chi connectivity index (χ4n) is 2.86. The SMILES string of the molecule is COc1ccccc1C[C@@H]1CCCN(CC(N)=O)C1. The molecule has 0 aromatic heterocycles. The van der Waals surface area contributed by atoms with Gasteiger partial charge in [-0.05, 0) is 43.4 Å². The Morgan fingerprint density at radius 1 is 1.47 bits per heavy atom. The predicted molar refractivity (Wildman–Crippen MR) is 75.1 cm³/mol. The van der Waals surface area contributed by atoms with E-state index in [1.54, 1.807) is 7.11 Å². The van der Waals surface area contributed by atoms with Crippen LogP contribution in [0.25, 0.3) is 0 Å². The van der Waals surface area contributed by atoms with Crippen LogP contribution in [0.5, 0.6) is 5.75 Å². The Morgan fingerprint density at radius 2 is 2.26 bits per heavy atom. The lowest BCUT2D eigenvalue weighted by atomic mass is 9.91. The summed E-state index contributed by atoms with van der Waals surface area (Å²) in [7, 11) is 1.71. The molecule has 1 heterocycles. The number of carbonyl (C=O) groups excluding carboxylic acids is 1. The number of likely N-dealkylation sites (tertiary alicyclic amines) is 1. The number of nitrogens with two attached hydrogens (primary N) is 1. The molecule has 2 N–H and O–H groups in total. The van der Waals surface area contributed by atoms with Crippen LogP contribution in [0.1, 0.15) is 18.4 Å². The predicted octanol–water partition coefficient (Wildman–Crippen LogP) is 1.43. The van der Waals surface area contributed by atoms with Crippen molar-refractivity contribution in [3.05, 3.63) is 29.8 Å². The first kappa shape index (κ1) is 13.9. The topological polar surface area (TPSA) is 55.6 Å². The van der Waals surface area contributed by atoms with Gasteiger partial charge in [-0.15, -0.1) is 0 Å². The van der Waals surface area contributed by atoms with Crippen molar-refractivity contribution in [1.29, 1.82) is 0 Å². The Labute approximate surface area is 114 Å². The number of carbonyl (C=O) groups is 1. The van der Waals surface area contributed by atoms with Crippen LogP contribution in [0, 0.1) is 5.92 Å². The number of primary amides is 1. The van der Waals surface area contributed by atoms with E-state index in [1.807, 2.05) is 18.2 Å². The van der Waals surface area contributed by atoms with Crippen LogP contribution in [-0.2, 0) is 11.2 Å². The number of hydrogen-bond donors (Lipinski definition) is 1. The molecule has 19 heavy (non-hydrogen) atoms. The van der Waals surface area contributed by atoms with Gasteiger partial charge in [0.2, 0.25) is 5.91 Å². The summed E-state index contributed by atoms with van der Waals surface area (Å²) in [5, 5.41) is 0. The number of benzene rings is 1. The molecule has 0 radical (unpaired) electrons. The van der Waals surface area contributed by atoms with Gasteiger partial charge in [-0.1, -0.05) is 18.2 Å². The van der Waals surface area contributed by atoms with Gasteiger partial charge in [0.15, 0.2) is 0 Å². The number of amides is 1. The molecular formula is C15H22N2O2. The summed E-state index contributed by atoms with van der Waals surface area (Å²) in [4.78, 5) is 13.2. The molecule has 2 rings (SSSR count). The van der Waals surface area contributed by atoms with Gasteiger partial charge in [0, 0.05) is 6.54 Å². The number of methoxy groups -OCH3 is 1. The van der Waals surface area contributed by atoms with Gasteiger partial charge < -0.3 is 10.5 Å². The number of rotatable bonds is 5. The average Bonchev–Trinajstić information content (AvgIpc) is 2.39. The Morgan fingerprint density at radius 3 is 3.00 bits per heavy atom. The molecule has 4 heteroatoms. The van der Waals surface area contributed by atoms with E-state index in [0.717, 1.165) is 31.7 Å². The molecule has 1 aromatic carbocycles. The largest absolute Gasteiger partial charge is 0.496 e. The van der Waals surface area contributed by atoms with Crippen molar-refractivity contribution in [2.45, 2.75) is 19.3 Å². The van der Waals surface area contributed by atoms with E-state index in [4.69, 9.17) is 10.5 Å². The van der Waals surface area contributed by atoms with Crippen molar-refractivity contribution in [2.24, 2.45) is 11.7 Å². The highest BCUT2D eigenvalue weighted by molar-refractivity contribution is 5.75. The fraction of sp³-hybridized carbons (Fsp3) is 0.533. The van der Waals surface area contributed by atoms with Crippen molar-refractivity contribution in [3.8, 4) is 5.75 Å². The van der Waals surface area contributed by atoms with E-state index in [2.05, 4.69) is 11.0 Å². The van der Waals surface area contributed by atoms with Crippen LogP contribution in [0.3, 0.4) is 0 Å². The van der Waals surface area contributed by atoms with Crippen molar-refractivity contribution in [3.63, 3.8) is 0 Å². The van der Waals surface area contributed by atoms with Crippen LogP contribution in [0.15, 0.2) is 24.3 Å². The summed E-state index contributed by atoms with van der Waals surface area (Å²) in [5.41, 5.74) is 6.51. The first-order valence-electron chi connectivity index (χ1n) is 6.81. The summed E-state index contributed by atoms with van der Waals surface area (Å²) in [5.74, 6) is 1.29. The first-order chi connectivity index (χ1) is 9.19. The zero-order chi connectivity index (χ0) is 13.7.